The lowest BCUT2D eigenvalue weighted by molar-refractivity contribution is 0.410. The Hall–Kier alpha value is -1.67. The number of aromatic nitrogens is 1. The second-order valence-electron chi connectivity index (χ2n) is 5.74. The fourth-order valence-electron chi connectivity index (χ4n) is 3.14. The summed E-state index contributed by atoms with van der Waals surface area (Å²) in [5.74, 6) is 0.585. The molecule has 0 bridgehead atoms. The lowest BCUT2D eigenvalue weighted by Gasteiger charge is -2.37. The van der Waals surface area contributed by atoms with E-state index in [1.807, 2.05) is 12.4 Å². The number of aryl methyl sites for hydroxylation is 1. The van der Waals surface area contributed by atoms with Crippen molar-refractivity contribution in [2.75, 3.05) is 6.54 Å². The molecule has 0 saturated carbocycles. The van der Waals surface area contributed by atoms with E-state index in [-0.39, 0.29) is 0 Å². The highest BCUT2D eigenvalue weighted by Gasteiger charge is 2.33. The van der Waals surface area contributed by atoms with E-state index in [9.17, 15) is 0 Å². The Morgan fingerprint density at radius 1 is 1.30 bits per heavy atom. The van der Waals surface area contributed by atoms with Crippen LogP contribution in [-0.2, 0) is 6.42 Å². The van der Waals surface area contributed by atoms with Gasteiger partial charge < -0.3 is 5.32 Å². The fourth-order valence-corrected chi connectivity index (χ4v) is 3.14. The minimum Gasteiger partial charge on any atom is -0.309 e. The normalized spacial score (nSPS) is 18.2. The smallest absolute Gasteiger partial charge is 0.0408 e. The molecule has 0 amide bonds. The number of hydrogen-bond donors (Lipinski definition) is 1. The Kier molecular flexibility index (Phi) is 3.83. The number of hydrogen-bond acceptors (Lipinski definition) is 2. The predicted octanol–water partition coefficient (Wildman–Crippen LogP) is 3.77. The maximum atomic E-state index is 4.37. The van der Waals surface area contributed by atoms with E-state index < -0.39 is 0 Å². The van der Waals surface area contributed by atoms with Gasteiger partial charge in [-0.15, -0.1) is 0 Å². The molecule has 0 aliphatic heterocycles. The SMILES string of the molecule is CCCNC(c1cncc(C)c1)C1Cc2ccccc21. The highest BCUT2D eigenvalue weighted by Crippen LogP contribution is 2.43. The van der Waals surface area contributed by atoms with Gasteiger partial charge in [-0.1, -0.05) is 37.3 Å². The molecule has 2 heteroatoms. The zero-order valence-corrected chi connectivity index (χ0v) is 12.3. The average molecular weight is 266 g/mol. The summed E-state index contributed by atoms with van der Waals surface area (Å²) in [6.07, 6.45) is 6.27. The van der Waals surface area contributed by atoms with E-state index in [2.05, 4.69) is 54.5 Å². The summed E-state index contributed by atoms with van der Waals surface area (Å²) in [5.41, 5.74) is 5.56. The molecule has 3 rings (SSSR count). The van der Waals surface area contributed by atoms with Crippen molar-refractivity contribution in [2.24, 2.45) is 0 Å². The molecule has 1 aliphatic rings. The molecular weight excluding hydrogens is 244 g/mol. The molecule has 0 spiro atoms. The van der Waals surface area contributed by atoms with Crippen LogP contribution >= 0.6 is 0 Å². The summed E-state index contributed by atoms with van der Waals surface area (Å²) in [5, 5.41) is 3.72. The fraction of sp³-hybridized carbons (Fsp3) is 0.389. The first-order chi connectivity index (χ1) is 9.79. The minimum absolute atomic E-state index is 0.386. The van der Waals surface area contributed by atoms with Crippen LogP contribution in [0.3, 0.4) is 0 Å². The van der Waals surface area contributed by atoms with Crippen molar-refractivity contribution < 1.29 is 0 Å². The monoisotopic (exact) mass is 266 g/mol. The minimum atomic E-state index is 0.386. The third-order valence-corrected chi connectivity index (χ3v) is 4.17. The molecule has 2 atom stereocenters. The highest BCUT2D eigenvalue weighted by molar-refractivity contribution is 5.43. The van der Waals surface area contributed by atoms with Crippen LogP contribution in [0.25, 0.3) is 0 Å². The van der Waals surface area contributed by atoms with Crippen molar-refractivity contribution in [1.29, 1.82) is 0 Å². The maximum Gasteiger partial charge on any atom is 0.0408 e. The van der Waals surface area contributed by atoms with Gasteiger partial charge in [0.15, 0.2) is 0 Å². The lowest BCUT2D eigenvalue weighted by Crippen LogP contribution is -2.33. The molecule has 2 nitrogen and oxygen atoms in total. The van der Waals surface area contributed by atoms with Crippen LogP contribution in [0, 0.1) is 6.92 Å². The molecule has 1 aromatic carbocycles. The van der Waals surface area contributed by atoms with Gasteiger partial charge in [0, 0.05) is 24.4 Å². The topological polar surface area (TPSA) is 24.9 Å². The van der Waals surface area contributed by atoms with Crippen LogP contribution in [0.15, 0.2) is 42.7 Å². The number of pyridine rings is 1. The summed E-state index contributed by atoms with van der Waals surface area (Å²) >= 11 is 0. The van der Waals surface area contributed by atoms with Crippen molar-refractivity contribution >= 4 is 0 Å². The van der Waals surface area contributed by atoms with Gasteiger partial charge in [-0.2, -0.15) is 0 Å². The Labute approximate surface area is 121 Å². The Bertz CT molecular complexity index is 591. The summed E-state index contributed by atoms with van der Waals surface area (Å²) < 4.78 is 0. The van der Waals surface area contributed by atoms with Gasteiger partial charge in [0.1, 0.15) is 0 Å². The van der Waals surface area contributed by atoms with Crippen LogP contribution in [0.2, 0.25) is 0 Å². The first-order valence-corrected chi connectivity index (χ1v) is 7.52. The van der Waals surface area contributed by atoms with Gasteiger partial charge in [-0.05, 0) is 48.6 Å². The molecule has 0 saturated heterocycles. The lowest BCUT2D eigenvalue weighted by atomic mass is 9.72. The first-order valence-electron chi connectivity index (χ1n) is 7.52. The van der Waals surface area contributed by atoms with E-state index in [0.29, 0.717) is 12.0 Å². The van der Waals surface area contributed by atoms with E-state index in [4.69, 9.17) is 0 Å². The second-order valence-corrected chi connectivity index (χ2v) is 5.74. The van der Waals surface area contributed by atoms with Crippen LogP contribution in [0.1, 0.15) is 47.6 Å². The zero-order valence-electron chi connectivity index (χ0n) is 12.3. The third kappa shape index (κ3) is 2.48. The summed E-state index contributed by atoms with van der Waals surface area (Å²) in [4.78, 5) is 4.37. The molecule has 104 valence electrons. The second kappa shape index (κ2) is 5.76. The quantitative estimate of drug-likeness (QED) is 0.891. The summed E-state index contributed by atoms with van der Waals surface area (Å²) in [7, 11) is 0. The van der Waals surface area contributed by atoms with Crippen molar-refractivity contribution in [3.8, 4) is 0 Å². The molecule has 0 fully saturated rings. The van der Waals surface area contributed by atoms with E-state index in [1.54, 1.807) is 0 Å². The standard InChI is InChI=1S/C18H22N2/c1-3-8-20-18(15-9-13(2)11-19-12-15)17-10-14-6-4-5-7-16(14)17/h4-7,9,11-12,17-18,20H,3,8,10H2,1-2H3. The molecule has 1 aliphatic carbocycles. The largest absolute Gasteiger partial charge is 0.309 e. The predicted molar refractivity (Wildman–Crippen MR) is 82.9 cm³/mol. The Morgan fingerprint density at radius 3 is 2.90 bits per heavy atom. The number of benzene rings is 1. The van der Waals surface area contributed by atoms with Crippen LogP contribution in [0.5, 0.6) is 0 Å². The van der Waals surface area contributed by atoms with Gasteiger partial charge in [-0.25, -0.2) is 0 Å². The van der Waals surface area contributed by atoms with Gasteiger partial charge >= 0.3 is 0 Å². The molecule has 2 aromatic rings. The molecule has 0 radical (unpaired) electrons. The van der Waals surface area contributed by atoms with Gasteiger partial charge in [0.2, 0.25) is 0 Å². The summed E-state index contributed by atoms with van der Waals surface area (Å²) in [6.45, 7) is 5.38. The van der Waals surface area contributed by atoms with Crippen molar-refractivity contribution in [2.45, 2.75) is 38.6 Å². The van der Waals surface area contributed by atoms with Gasteiger partial charge in [0.25, 0.3) is 0 Å². The van der Waals surface area contributed by atoms with Gasteiger partial charge in [0.05, 0.1) is 0 Å². The average Bonchev–Trinajstić information content (AvgIpc) is 2.44. The molecule has 2 unspecified atom stereocenters. The first kappa shape index (κ1) is 13.3. The Morgan fingerprint density at radius 2 is 2.15 bits per heavy atom. The number of nitrogens with one attached hydrogen (secondary N) is 1. The number of rotatable bonds is 5. The van der Waals surface area contributed by atoms with Crippen LogP contribution in [-0.4, -0.2) is 11.5 Å². The van der Waals surface area contributed by atoms with Crippen molar-refractivity contribution in [3.05, 3.63) is 65.0 Å². The van der Waals surface area contributed by atoms with E-state index in [1.165, 1.54) is 28.7 Å². The molecule has 1 N–H and O–H groups in total. The van der Waals surface area contributed by atoms with E-state index in [0.717, 1.165) is 13.0 Å². The zero-order chi connectivity index (χ0) is 13.9. The Balaban J connectivity index is 1.88. The van der Waals surface area contributed by atoms with Gasteiger partial charge in [-0.3, -0.25) is 4.98 Å². The number of nitrogens with zero attached hydrogens (tertiary/aromatic N) is 1. The molecule has 1 aromatic heterocycles. The third-order valence-electron chi connectivity index (χ3n) is 4.17. The maximum absolute atomic E-state index is 4.37. The van der Waals surface area contributed by atoms with Crippen molar-refractivity contribution in [1.82, 2.24) is 10.3 Å². The number of fused-ring (bicyclic) bond motifs is 1. The summed E-state index contributed by atoms with van der Waals surface area (Å²) in [6, 6.07) is 11.5. The van der Waals surface area contributed by atoms with E-state index >= 15 is 0 Å². The molecular formula is C18H22N2. The molecule has 1 heterocycles. The van der Waals surface area contributed by atoms with Crippen molar-refractivity contribution in [3.63, 3.8) is 0 Å². The van der Waals surface area contributed by atoms with Crippen LogP contribution < -0.4 is 5.32 Å². The van der Waals surface area contributed by atoms with Crippen LogP contribution in [0.4, 0.5) is 0 Å². The molecule has 20 heavy (non-hydrogen) atoms. The highest BCUT2D eigenvalue weighted by atomic mass is 14.9.